The van der Waals surface area contributed by atoms with Crippen molar-refractivity contribution in [1.29, 1.82) is 0 Å². The highest BCUT2D eigenvalue weighted by molar-refractivity contribution is 6.31. The third-order valence-corrected chi connectivity index (χ3v) is 2.21. The van der Waals surface area contributed by atoms with Crippen LogP contribution < -0.4 is 0 Å². The van der Waals surface area contributed by atoms with Gasteiger partial charge in [0.2, 0.25) is 0 Å². The molecule has 0 aliphatic rings. The van der Waals surface area contributed by atoms with Crippen LogP contribution in [0.15, 0.2) is 24.3 Å². The SMILES string of the molecule is Cc1ccc(C=CCCO)cc1Cl. The van der Waals surface area contributed by atoms with Crippen molar-refractivity contribution in [1.82, 2.24) is 0 Å². The van der Waals surface area contributed by atoms with Gasteiger partial charge in [0.1, 0.15) is 0 Å². The largest absolute Gasteiger partial charge is 0.396 e. The summed E-state index contributed by atoms with van der Waals surface area (Å²) in [6.45, 7) is 2.17. The smallest absolute Gasteiger partial charge is 0.0465 e. The van der Waals surface area contributed by atoms with E-state index in [-0.39, 0.29) is 6.61 Å². The molecule has 1 rings (SSSR count). The van der Waals surface area contributed by atoms with E-state index in [9.17, 15) is 0 Å². The summed E-state index contributed by atoms with van der Waals surface area (Å²) in [4.78, 5) is 0. The Bertz CT molecular complexity index is 305. The Labute approximate surface area is 83.7 Å². The van der Waals surface area contributed by atoms with Gasteiger partial charge in [-0.2, -0.15) is 0 Å². The van der Waals surface area contributed by atoms with Crippen molar-refractivity contribution in [3.05, 3.63) is 40.4 Å². The number of aryl methyl sites for hydroxylation is 1. The third-order valence-electron chi connectivity index (χ3n) is 1.80. The number of rotatable bonds is 3. The molecule has 0 aliphatic heterocycles. The molecular formula is C11H13ClO. The topological polar surface area (TPSA) is 20.2 Å². The zero-order chi connectivity index (χ0) is 9.68. The van der Waals surface area contributed by atoms with Gasteiger partial charge in [-0.25, -0.2) is 0 Å². The third kappa shape index (κ3) is 3.21. The van der Waals surface area contributed by atoms with E-state index < -0.39 is 0 Å². The number of aliphatic hydroxyl groups excluding tert-OH is 1. The minimum atomic E-state index is 0.191. The van der Waals surface area contributed by atoms with Crippen molar-refractivity contribution in [3.63, 3.8) is 0 Å². The molecule has 0 saturated heterocycles. The molecule has 1 aromatic carbocycles. The molecule has 0 aromatic heterocycles. The zero-order valence-corrected chi connectivity index (χ0v) is 8.38. The fraction of sp³-hybridized carbons (Fsp3) is 0.273. The molecule has 0 bridgehead atoms. The second-order valence-corrected chi connectivity index (χ2v) is 3.33. The van der Waals surface area contributed by atoms with Gasteiger partial charge in [-0.05, 0) is 30.5 Å². The molecule has 1 aromatic rings. The van der Waals surface area contributed by atoms with Gasteiger partial charge in [0.25, 0.3) is 0 Å². The Morgan fingerprint density at radius 3 is 2.85 bits per heavy atom. The van der Waals surface area contributed by atoms with E-state index >= 15 is 0 Å². The summed E-state index contributed by atoms with van der Waals surface area (Å²) in [5, 5.41) is 9.35. The molecule has 0 unspecified atom stereocenters. The molecular weight excluding hydrogens is 184 g/mol. The van der Waals surface area contributed by atoms with Crippen LogP contribution in [0.25, 0.3) is 6.08 Å². The summed E-state index contributed by atoms with van der Waals surface area (Å²) in [5.41, 5.74) is 2.16. The van der Waals surface area contributed by atoms with Crippen molar-refractivity contribution in [2.24, 2.45) is 0 Å². The lowest BCUT2D eigenvalue weighted by atomic mass is 10.1. The van der Waals surface area contributed by atoms with Gasteiger partial charge in [-0.15, -0.1) is 0 Å². The highest BCUT2D eigenvalue weighted by Gasteiger charge is 1.93. The van der Waals surface area contributed by atoms with Crippen molar-refractivity contribution in [2.45, 2.75) is 13.3 Å². The van der Waals surface area contributed by atoms with Crippen LogP contribution in [0, 0.1) is 6.92 Å². The van der Waals surface area contributed by atoms with Crippen molar-refractivity contribution in [2.75, 3.05) is 6.61 Å². The fourth-order valence-electron chi connectivity index (χ4n) is 1.01. The first-order chi connectivity index (χ1) is 6.24. The van der Waals surface area contributed by atoms with E-state index in [1.807, 2.05) is 37.3 Å². The molecule has 0 fully saturated rings. The van der Waals surface area contributed by atoms with Crippen molar-refractivity contribution < 1.29 is 5.11 Å². The van der Waals surface area contributed by atoms with E-state index in [0.29, 0.717) is 6.42 Å². The van der Waals surface area contributed by atoms with Gasteiger partial charge in [-0.1, -0.05) is 35.9 Å². The summed E-state index contributed by atoms with van der Waals surface area (Å²) < 4.78 is 0. The van der Waals surface area contributed by atoms with Crippen molar-refractivity contribution >= 4 is 17.7 Å². The molecule has 1 N–H and O–H groups in total. The normalized spacial score (nSPS) is 11.0. The molecule has 1 nitrogen and oxygen atoms in total. The van der Waals surface area contributed by atoms with Gasteiger partial charge in [0.05, 0.1) is 0 Å². The van der Waals surface area contributed by atoms with E-state index in [4.69, 9.17) is 16.7 Å². The first-order valence-electron chi connectivity index (χ1n) is 4.27. The summed E-state index contributed by atoms with van der Waals surface area (Å²) in [6.07, 6.45) is 4.58. The van der Waals surface area contributed by atoms with Gasteiger partial charge >= 0.3 is 0 Å². The maximum Gasteiger partial charge on any atom is 0.0465 e. The highest BCUT2D eigenvalue weighted by Crippen LogP contribution is 2.17. The Kier molecular flexibility index (Phi) is 4.00. The van der Waals surface area contributed by atoms with E-state index in [2.05, 4.69) is 0 Å². The number of benzene rings is 1. The van der Waals surface area contributed by atoms with Crippen LogP contribution in [0.3, 0.4) is 0 Å². The quantitative estimate of drug-likeness (QED) is 0.788. The minimum absolute atomic E-state index is 0.191. The molecule has 0 spiro atoms. The summed E-state index contributed by atoms with van der Waals surface area (Å²) in [7, 11) is 0. The lowest BCUT2D eigenvalue weighted by Crippen LogP contribution is -1.78. The maximum absolute atomic E-state index is 8.57. The molecule has 0 amide bonds. The lowest BCUT2D eigenvalue weighted by Gasteiger charge is -1.98. The average Bonchev–Trinajstić information content (AvgIpc) is 2.12. The molecule has 0 radical (unpaired) electrons. The van der Waals surface area contributed by atoms with Gasteiger partial charge in [-0.3, -0.25) is 0 Å². The predicted octanol–water partition coefficient (Wildman–Crippen LogP) is 3.04. The van der Waals surface area contributed by atoms with Crippen LogP contribution in [-0.2, 0) is 0 Å². The monoisotopic (exact) mass is 196 g/mol. The van der Waals surface area contributed by atoms with Crippen LogP contribution in [0.5, 0.6) is 0 Å². The first kappa shape index (κ1) is 10.3. The summed E-state index contributed by atoms with van der Waals surface area (Å²) in [6, 6.07) is 5.92. The number of halogens is 1. The second kappa shape index (κ2) is 5.05. The van der Waals surface area contributed by atoms with Crippen LogP contribution in [-0.4, -0.2) is 11.7 Å². The summed E-state index contributed by atoms with van der Waals surface area (Å²) >= 11 is 5.94. The molecule has 70 valence electrons. The van der Waals surface area contributed by atoms with Gasteiger partial charge in [0.15, 0.2) is 0 Å². The second-order valence-electron chi connectivity index (χ2n) is 2.92. The van der Waals surface area contributed by atoms with E-state index in [0.717, 1.165) is 16.1 Å². The number of hydrogen-bond donors (Lipinski definition) is 1. The molecule has 0 atom stereocenters. The molecule has 2 heteroatoms. The number of aliphatic hydroxyl groups is 1. The van der Waals surface area contributed by atoms with Gasteiger partial charge < -0.3 is 5.11 Å². The summed E-state index contributed by atoms with van der Waals surface area (Å²) in [5.74, 6) is 0. The molecule has 0 saturated carbocycles. The zero-order valence-electron chi connectivity index (χ0n) is 7.63. The Hall–Kier alpha value is -0.790. The van der Waals surface area contributed by atoms with Crippen LogP contribution >= 0.6 is 11.6 Å². The lowest BCUT2D eigenvalue weighted by molar-refractivity contribution is 0.303. The minimum Gasteiger partial charge on any atom is -0.396 e. The molecule has 0 aliphatic carbocycles. The molecule has 13 heavy (non-hydrogen) atoms. The molecule has 0 heterocycles. The Balaban J connectivity index is 2.73. The first-order valence-corrected chi connectivity index (χ1v) is 4.65. The number of hydrogen-bond acceptors (Lipinski definition) is 1. The highest BCUT2D eigenvalue weighted by atomic mass is 35.5. The Morgan fingerprint density at radius 2 is 2.23 bits per heavy atom. The van der Waals surface area contributed by atoms with Crippen LogP contribution in [0.2, 0.25) is 5.02 Å². The maximum atomic E-state index is 8.57. The standard InChI is InChI=1S/C11H13ClO/c1-9-5-6-10(8-11(9)12)4-2-3-7-13/h2,4-6,8,13H,3,7H2,1H3. The van der Waals surface area contributed by atoms with Gasteiger partial charge in [0, 0.05) is 11.6 Å². The Morgan fingerprint density at radius 1 is 1.46 bits per heavy atom. The van der Waals surface area contributed by atoms with Crippen LogP contribution in [0.4, 0.5) is 0 Å². The fourth-order valence-corrected chi connectivity index (χ4v) is 1.20. The van der Waals surface area contributed by atoms with Crippen molar-refractivity contribution in [3.8, 4) is 0 Å². The van der Waals surface area contributed by atoms with E-state index in [1.165, 1.54) is 0 Å². The van der Waals surface area contributed by atoms with E-state index in [1.54, 1.807) is 0 Å². The van der Waals surface area contributed by atoms with Crippen LogP contribution in [0.1, 0.15) is 17.5 Å². The predicted molar refractivity (Wildman–Crippen MR) is 56.9 cm³/mol. The average molecular weight is 197 g/mol.